The molecule has 2 saturated heterocycles. The molecule has 2 heterocycles. The summed E-state index contributed by atoms with van der Waals surface area (Å²) in [5, 5.41) is 81.0. The van der Waals surface area contributed by atoms with Crippen LogP contribution in [0.3, 0.4) is 0 Å². The monoisotopic (exact) mass is 663 g/mol. The number of carbonyl (C=O) groups excluding carboxylic acids is 1. The summed E-state index contributed by atoms with van der Waals surface area (Å²) in [4.78, 5) is 13.1. The first-order valence-electron chi connectivity index (χ1n) is 16.1. The second-order valence-electron chi connectivity index (χ2n) is 14.1. The quantitative estimate of drug-likeness (QED) is 0.103. The Balaban J connectivity index is 1.35. The second-order valence-corrected chi connectivity index (χ2v) is 14.1. The molecule has 0 radical (unpaired) electrons. The van der Waals surface area contributed by atoms with Gasteiger partial charge in [0.05, 0.1) is 43.0 Å². The Hall–Kier alpha value is -1.17. The lowest BCUT2D eigenvalue weighted by Crippen LogP contribution is -2.73. The van der Waals surface area contributed by atoms with E-state index in [1.54, 1.807) is 0 Å². The second kappa shape index (κ2) is 14.4. The van der Waals surface area contributed by atoms with Crippen molar-refractivity contribution >= 4 is 5.91 Å². The number of nitrogens with one attached hydrogen (secondary N) is 2. The van der Waals surface area contributed by atoms with Crippen LogP contribution in [0.25, 0.3) is 0 Å². The van der Waals surface area contributed by atoms with Gasteiger partial charge in [0.25, 0.3) is 5.91 Å². The zero-order chi connectivity index (χ0) is 33.7. The third-order valence-electron chi connectivity index (χ3n) is 10.6. The van der Waals surface area contributed by atoms with Crippen LogP contribution in [-0.4, -0.2) is 164 Å². The van der Waals surface area contributed by atoms with E-state index in [0.29, 0.717) is 12.5 Å². The Labute approximate surface area is 266 Å². The standard InChI is InChI=1S/C28H53N7O11/c29-10-1-9(2-10)6-34-7-14-20(38)22(40)18(33)25(44-14)16-12(31)3-13(35-27(42)28(43)4-11(30)5-28)24(21(16)39)46-26-23(41)17(32)19(37)15(8-36)45-26/h9-26,34,36-41,43H,1-8,29-33H2,(H,35,42)/t9?,10?,11?,12-,13+,14+,15+,16?,17-,18+,19+,20+,21-,22+,23+,24-,25+,26+,28?/m0/s1. The maximum atomic E-state index is 13.1. The van der Waals surface area contributed by atoms with Crippen molar-refractivity contribution in [3.8, 4) is 0 Å². The van der Waals surface area contributed by atoms with Gasteiger partial charge in [0, 0.05) is 43.4 Å². The highest BCUT2D eigenvalue weighted by atomic mass is 16.7. The maximum Gasteiger partial charge on any atom is 0.252 e. The van der Waals surface area contributed by atoms with Crippen molar-refractivity contribution in [2.24, 2.45) is 40.5 Å². The van der Waals surface area contributed by atoms with Gasteiger partial charge in [-0.3, -0.25) is 4.79 Å². The number of carbonyl (C=O) groups is 1. The van der Waals surface area contributed by atoms with E-state index in [0.717, 1.165) is 12.8 Å². The predicted molar refractivity (Wildman–Crippen MR) is 159 cm³/mol. The lowest BCUT2D eigenvalue weighted by atomic mass is 9.71. The molecule has 2 aliphatic heterocycles. The van der Waals surface area contributed by atoms with E-state index in [1.807, 2.05) is 0 Å². The van der Waals surface area contributed by atoms with Crippen LogP contribution >= 0.6 is 0 Å². The summed E-state index contributed by atoms with van der Waals surface area (Å²) in [5.41, 5.74) is 28.9. The highest BCUT2D eigenvalue weighted by Crippen LogP contribution is 2.38. The van der Waals surface area contributed by atoms with Crippen LogP contribution in [-0.2, 0) is 19.0 Å². The molecule has 266 valence electrons. The van der Waals surface area contributed by atoms with E-state index in [2.05, 4.69) is 10.6 Å². The number of amides is 1. The van der Waals surface area contributed by atoms with E-state index >= 15 is 0 Å². The molecule has 5 fully saturated rings. The first-order valence-corrected chi connectivity index (χ1v) is 16.1. The number of aliphatic hydroxyl groups excluding tert-OH is 6. The molecule has 0 bridgehead atoms. The van der Waals surface area contributed by atoms with Crippen molar-refractivity contribution in [3.05, 3.63) is 0 Å². The molecule has 5 rings (SSSR count). The van der Waals surface area contributed by atoms with Crippen LogP contribution < -0.4 is 39.3 Å². The Morgan fingerprint density at radius 2 is 1.48 bits per heavy atom. The molecule has 3 aliphatic carbocycles. The Morgan fingerprint density at radius 1 is 0.804 bits per heavy atom. The van der Waals surface area contributed by atoms with Crippen LogP contribution in [0.5, 0.6) is 0 Å². The van der Waals surface area contributed by atoms with Crippen LogP contribution in [0.1, 0.15) is 32.1 Å². The number of hydrogen-bond donors (Lipinski definition) is 14. The van der Waals surface area contributed by atoms with Crippen LogP contribution in [0.4, 0.5) is 0 Å². The molecular formula is C28H53N7O11. The van der Waals surface area contributed by atoms with Gasteiger partial charge >= 0.3 is 0 Å². The SMILES string of the molecule is NC1CC(CNC[C@H]2O[C@H](C3[C@@H](N)C[C@@H](NC(=O)C4(O)CC(N)C4)[C@H](O[C@H]4O[C@H](CO)[C@@H](O)[C@H](N)[C@H]4O)[C@H]3O)[C@H](N)[C@@H](O)[C@@H]2O)C1. The number of ether oxygens (including phenoxy) is 3. The van der Waals surface area contributed by atoms with E-state index in [9.17, 15) is 40.5 Å². The van der Waals surface area contributed by atoms with Gasteiger partial charge in [-0.05, 0) is 31.7 Å². The maximum absolute atomic E-state index is 13.1. The highest BCUT2D eigenvalue weighted by molar-refractivity contribution is 5.86. The van der Waals surface area contributed by atoms with E-state index in [4.69, 9.17) is 42.9 Å². The minimum atomic E-state index is -1.73. The smallest absolute Gasteiger partial charge is 0.252 e. The molecule has 18 nitrogen and oxygen atoms in total. The molecule has 1 amide bonds. The molecule has 0 aromatic carbocycles. The zero-order valence-corrected chi connectivity index (χ0v) is 25.7. The van der Waals surface area contributed by atoms with Crippen molar-refractivity contribution in [3.63, 3.8) is 0 Å². The lowest BCUT2D eigenvalue weighted by molar-refractivity contribution is -0.307. The van der Waals surface area contributed by atoms with Gasteiger partial charge in [-0.2, -0.15) is 0 Å². The molecular weight excluding hydrogens is 610 g/mol. The van der Waals surface area contributed by atoms with Crippen molar-refractivity contribution in [1.82, 2.24) is 10.6 Å². The van der Waals surface area contributed by atoms with Gasteiger partial charge in [0.1, 0.15) is 42.2 Å². The highest BCUT2D eigenvalue weighted by Gasteiger charge is 2.56. The first-order chi connectivity index (χ1) is 21.6. The molecule has 0 aromatic heterocycles. The van der Waals surface area contributed by atoms with Gasteiger partial charge < -0.3 is 89.3 Å². The third-order valence-corrected chi connectivity index (χ3v) is 10.6. The minimum Gasteiger partial charge on any atom is -0.394 e. The minimum absolute atomic E-state index is 0.0254. The van der Waals surface area contributed by atoms with Crippen molar-refractivity contribution in [2.45, 2.75) is 135 Å². The summed E-state index contributed by atoms with van der Waals surface area (Å²) in [6.45, 7) is 0.168. The van der Waals surface area contributed by atoms with Gasteiger partial charge in [-0.1, -0.05) is 0 Å². The molecule has 5 aliphatic rings. The van der Waals surface area contributed by atoms with Crippen LogP contribution in [0, 0.1) is 11.8 Å². The van der Waals surface area contributed by atoms with Gasteiger partial charge in [0.15, 0.2) is 6.29 Å². The molecule has 0 aromatic rings. The van der Waals surface area contributed by atoms with Gasteiger partial charge in [-0.15, -0.1) is 0 Å². The average molecular weight is 664 g/mol. The van der Waals surface area contributed by atoms with E-state index in [-0.39, 0.29) is 37.9 Å². The fraction of sp³-hybridized carbons (Fsp3) is 0.964. The van der Waals surface area contributed by atoms with Gasteiger partial charge in [0.2, 0.25) is 0 Å². The first kappa shape index (κ1) is 36.1. The number of nitrogens with two attached hydrogens (primary N) is 5. The fourth-order valence-electron chi connectivity index (χ4n) is 7.64. The zero-order valence-electron chi connectivity index (χ0n) is 25.7. The Bertz CT molecular complexity index is 1040. The predicted octanol–water partition coefficient (Wildman–Crippen LogP) is -7.67. The van der Waals surface area contributed by atoms with Crippen molar-refractivity contribution in [1.29, 1.82) is 0 Å². The van der Waals surface area contributed by atoms with Crippen molar-refractivity contribution < 1.29 is 54.8 Å². The lowest BCUT2D eigenvalue weighted by Gasteiger charge is -2.52. The topological polar surface area (TPSA) is 341 Å². The largest absolute Gasteiger partial charge is 0.394 e. The molecule has 15 atom stereocenters. The molecule has 3 saturated carbocycles. The van der Waals surface area contributed by atoms with Crippen LogP contribution in [0.2, 0.25) is 0 Å². The third kappa shape index (κ3) is 7.09. The van der Waals surface area contributed by atoms with Gasteiger partial charge in [-0.25, -0.2) is 0 Å². The summed E-state index contributed by atoms with van der Waals surface area (Å²) >= 11 is 0. The normalized spacial score (nSPS) is 52.8. The molecule has 1 unspecified atom stereocenters. The summed E-state index contributed by atoms with van der Waals surface area (Å²) in [6, 6.07) is -4.58. The fourth-order valence-corrected chi connectivity index (χ4v) is 7.64. The number of rotatable bonds is 10. The average Bonchev–Trinajstić information content (AvgIpc) is 2.97. The molecule has 46 heavy (non-hydrogen) atoms. The summed E-state index contributed by atoms with van der Waals surface area (Å²) in [6.07, 6.45) is -11.7. The number of hydrogen-bond acceptors (Lipinski definition) is 17. The van der Waals surface area contributed by atoms with E-state index in [1.165, 1.54) is 0 Å². The molecule has 19 N–H and O–H groups in total. The Kier molecular flexibility index (Phi) is 11.3. The van der Waals surface area contributed by atoms with Crippen molar-refractivity contribution in [2.75, 3.05) is 19.7 Å². The summed E-state index contributed by atoms with van der Waals surface area (Å²) < 4.78 is 17.9. The molecule has 0 spiro atoms. The summed E-state index contributed by atoms with van der Waals surface area (Å²) in [7, 11) is 0. The summed E-state index contributed by atoms with van der Waals surface area (Å²) in [5.74, 6) is -1.38. The molecule has 18 heteroatoms. The Morgan fingerprint density at radius 3 is 2.09 bits per heavy atom. The number of aliphatic hydroxyl groups is 7. The van der Waals surface area contributed by atoms with Crippen LogP contribution in [0.15, 0.2) is 0 Å². The van der Waals surface area contributed by atoms with E-state index < -0.39 is 109 Å².